The van der Waals surface area contributed by atoms with Crippen LogP contribution >= 0.6 is 0 Å². The van der Waals surface area contributed by atoms with Crippen molar-refractivity contribution in [2.24, 2.45) is 5.92 Å². The van der Waals surface area contributed by atoms with E-state index in [4.69, 9.17) is 4.74 Å². The highest BCUT2D eigenvalue weighted by molar-refractivity contribution is 5.81. The number of hydrogen-bond acceptors (Lipinski definition) is 2. The van der Waals surface area contributed by atoms with E-state index in [0.29, 0.717) is 30.5 Å². The van der Waals surface area contributed by atoms with E-state index in [0.717, 1.165) is 12.2 Å². The second-order valence-electron chi connectivity index (χ2n) is 6.58. The lowest BCUT2D eigenvalue weighted by molar-refractivity contribution is -0.117. The molecule has 0 aromatic heterocycles. The van der Waals surface area contributed by atoms with Crippen LogP contribution in [0.3, 0.4) is 0 Å². The highest BCUT2D eigenvalue weighted by atomic mass is 16.5. The third-order valence-corrected chi connectivity index (χ3v) is 4.46. The van der Waals surface area contributed by atoms with Gasteiger partial charge in [0, 0.05) is 18.8 Å². The van der Waals surface area contributed by atoms with Gasteiger partial charge in [-0.25, -0.2) is 0 Å². The van der Waals surface area contributed by atoms with Gasteiger partial charge in [-0.2, -0.15) is 0 Å². The molecule has 1 aromatic rings. The molecule has 1 fully saturated rings. The molecule has 116 valence electrons. The third-order valence-electron chi connectivity index (χ3n) is 4.46. The molecule has 21 heavy (non-hydrogen) atoms. The average molecular weight is 288 g/mol. The smallest absolute Gasteiger partial charge is 0.137 e. The summed E-state index contributed by atoms with van der Waals surface area (Å²) >= 11 is 0. The average Bonchev–Trinajstić information content (AvgIpc) is 2.80. The van der Waals surface area contributed by atoms with Crippen LogP contribution in [0.25, 0.3) is 0 Å². The van der Waals surface area contributed by atoms with Crippen molar-refractivity contribution in [3.8, 4) is 5.75 Å². The first-order chi connectivity index (χ1) is 10.1. The molecule has 2 nitrogen and oxygen atoms in total. The van der Waals surface area contributed by atoms with E-state index in [-0.39, 0.29) is 6.10 Å². The van der Waals surface area contributed by atoms with Crippen LogP contribution in [-0.4, -0.2) is 11.9 Å². The van der Waals surface area contributed by atoms with Crippen LogP contribution < -0.4 is 4.74 Å². The molecular weight excluding hydrogens is 260 g/mol. The van der Waals surface area contributed by atoms with Crippen molar-refractivity contribution in [1.29, 1.82) is 0 Å². The fourth-order valence-electron chi connectivity index (χ4n) is 3.09. The molecule has 1 aromatic carbocycles. The van der Waals surface area contributed by atoms with Crippen LogP contribution in [-0.2, 0) is 4.79 Å². The first-order valence-corrected chi connectivity index (χ1v) is 8.38. The Morgan fingerprint density at radius 1 is 1.14 bits per heavy atom. The summed E-state index contributed by atoms with van der Waals surface area (Å²) in [6, 6.07) is 8.34. The molecule has 2 atom stereocenters. The van der Waals surface area contributed by atoms with E-state index in [2.05, 4.69) is 32.9 Å². The minimum atomic E-state index is 0.0826. The second kappa shape index (κ2) is 7.63. The van der Waals surface area contributed by atoms with Crippen LogP contribution in [0.4, 0.5) is 0 Å². The van der Waals surface area contributed by atoms with Crippen LogP contribution in [0, 0.1) is 5.92 Å². The van der Waals surface area contributed by atoms with E-state index >= 15 is 0 Å². The molecule has 0 amide bonds. The molecular formula is C19H28O2. The Morgan fingerprint density at radius 3 is 2.48 bits per heavy atom. The van der Waals surface area contributed by atoms with E-state index in [1.807, 2.05) is 12.1 Å². The Balaban J connectivity index is 1.94. The first kappa shape index (κ1) is 16.1. The minimum Gasteiger partial charge on any atom is -0.490 e. The lowest BCUT2D eigenvalue weighted by Gasteiger charge is -2.20. The Bertz CT molecular complexity index is 447. The van der Waals surface area contributed by atoms with Gasteiger partial charge in [-0.05, 0) is 30.0 Å². The standard InChI is InChI=1S/C19H28O2/c1-4-5-6-7-16-12-17(20)13-19(16)21-18-10-8-15(9-11-18)14(2)3/h8-11,14,16,19H,4-7,12-13H2,1-3H3/t16-,19-/m1/s1. The molecule has 0 spiro atoms. The lowest BCUT2D eigenvalue weighted by Crippen LogP contribution is -2.21. The van der Waals surface area contributed by atoms with Crippen LogP contribution in [0.2, 0.25) is 0 Å². The van der Waals surface area contributed by atoms with Gasteiger partial charge in [0.15, 0.2) is 0 Å². The quantitative estimate of drug-likeness (QED) is 0.651. The van der Waals surface area contributed by atoms with Crippen molar-refractivity contribution in [1.82, 2.24) is 0 Å². The van der Waals surface area contributed by atoms with Crippen molar-refractivity contribution in [2.75, 3.05) is 0 Å². The summed E-state index contributed by atoms with van der Waals surface area (Å²) in [5.41, 5.74) is 1.32. The summed E-state index contributed by atoms with van der Waals surface area (Å²) in [6.07, 6.45) is 6.18. The highest BCUT2D eigenvalue weighted by Crippen LogP contribution is 2.31. The summed E-state index contributed by atoms with van der Waals surface area (Å²) in [5.74, 6) is 2.21. The number of Topliss-reactive ketones (excluding diaryl/α,β-unsaturated/α-hetero) is 1. The molecule has 0 radical (unpaired) electrons. The molecule has 2 heteroatoms. The van der Waals surface area contributed by atoms with Crippen molar-refractivity contribution in [2.45, 2.75) is 71.3 Å². The summed E-state index contributed by atoms with van der Waals surface area (Å²) < 4.78 is 6.10. The number of ether oxygens (including phenoxy) is 1. The molecule has 0 unspecified atom stereocenters. The number of carbonyl (C=O) groups excluding carboxylic acids is 1. The molecule has 1 saturated carbocycles. The van der Waals surface area contributed by atoms with E-state index in [9.17, 15) is 4.79 Å². The van der Waals surface area contributed by atoms with Gasteiger partial charge in [0.25, 0.3) is 0 Å². The van der Waals surface area contributed by atoms with Gasteiger partial charge in [-0.3, -0.25) is 4.79 Å². The molecule has 1 aliphatic rings. The zero-order valence-corrected chi connectivity index (χ0v) is 13.6. The molecule has 0 saturated heterocycles. The number of carbonyl (C=O) groups is 1. The SMILES string of the molecule is CCCCC[C@@H]1CC(=O)C[C@H]1Oc1ccc(C(C)C)cc1. The molecule has 1 aliphatic carbocycles. The van der Waals surface area contributed by atoms with Crippen molar-refractivity contribution < 1.29 is 9.53 Å². The Hall–Kier alpha value is -1.31. The number of unbranched alkanes of at least 4 members (excludes halogenated alkanes) is 2. The van der Waals surface area contributed by atoms with E-state index in [1.165, 1.54) is 24.8 Å². The maximum absolute atomic E-state index is 11.8. The van der Waals surface area contributed by atoms with Gasteiger partial charge in [-0.1, -0.05) is 52.2 Å². The van der Waals surface area contributed by atoms with Crippen LogP contribution in [0.5, 0.6) is 5.75 Å². The molecule has 0 aliphatic heterocycles. The van der Waals surface area contributed by atoms with Gasteiger partial charge in [-0.15, -0.1) is 0 Å². The lowest BCUT2D eigenvalue weighted by atomic mass is 9.98. The number of ketones is 1. The summed E-state index contributed by atoms with van der Waals surface area (Å²) in [4.78, 5) is 11.8. The zero-order valence-electron chi connectivity index (χ0n) is 13.6. The van der Waals surface area contributed by atoms with Crippen LogP contribution in [0.1, 0.15) is 70.8 Å². The summed E-state index contributed by atoms with van der Waals surface area (Å²) in [5, 5.41) is 0. The normalized spacial score (nSPS) is 22.0. The van der Waals surface area contributed by atoms with Crippen molar-refractivity contribution in [3.05, 3.63) is 29.8 Å². The molecule has 0 N–H and O–H groups in total. The fourth-order valence-corrected chi connectivity index (χ4v) is 3.09. The number of rotatable bonds is 7. The van der Waals surface area contributed by atoms with Gasteiger partial charge in [0.2, 0.25) is 0 Å². The Labute approximate surface area is 128 Å². The number of benzene rings is 1. The molecule has 0 bridgehead atoms. The van der Waals surface area contributed by atoms with Crippen LogP contribution in [0.15, 0.2) is 24.3 Å². The topological polar surface area (TPSA) is 26.3 Å². The van der Waals surface area contributed by atoms with E-state index in [1.54, 1.807) is 0 Å². The van der Waals surface area contributed by atoms with Crippen molar-refractivity contribution >= 4 is 5.78 Å². The molecule has 2 rings (SSSR count). The predicted molar refractivity (Wildman–Crippen MR) is 86.8 cm³/mol. The molecule has 0 heterocycles. The third kappa shape index (κ3) is 4.59. The summed E-state index contributed by atoms with van der Waals surface area (Å²) in [7, 11) is 0. The van der Waals surface area contributed by atoms with Crippen molar-refractivity contribution in [3.63, 3.8) is 0 Å². The Kier molecular flexibility index (Phi) is 5.84. The zero-order chi connectivity index (χ0) is 15.2. The largest absolute Gasteiger partial charge is 0.490 e. The van der Waals surface area contributed by atoms with Gasteiger partial charge in [0.05, 0.1) is 0 Å². The Morgan fingerprint density at radius 2 is 1.86 bits per heavy atom. The maximum Gasteiger partial charge on any atom is 0.137 e. The minimum absolute atomic E-state index is 0.0826. The van der Waals surface area contributed by atoms with Gasteiger partial charge < -0.3 is 4.74 Å². The van der Waals surface area contributed by atoms with E-state index < -0.39 is 0 Å². The fraction of sp³-hybridized carbons (Fsp3) is 0.632. The summed E-state index contributed by atoms with van der Waals surface area (Å²) in [6.45, 7) is 6.59. The number of hydrogen-bond donors (Lipinski definition) is 0. The monoisotopic (exact) mass is 288 g/mol. The second-order valence-corrected chi connectivity index (χ2v) is 6.58. The van der Waals surface area contributed by atoms with Gasteiger partial charge in [0.1, 0.15) is 17.6 Å². The maximum atomic E-state index is 11.8. The highest BCUT2D eigenvalue weighted by Gasteiger charge is 2.34. The van der Waals surface area contributed by atoms with Gasteiger partial charge >= 0.3 is 0 Å². The first-order valence-electron chi connectivity index (χ1n) is 8.38. The predicted octanol–water partition coefficient (Wildman–Crippen LogP) is 5.12.